The molecule has 0 radical (unpaired) electrons. The third-order valence-electron chi connectivity index (χ3n) is 6.04. The van der Waals surface area contributed by atoms with Crippen LogP contribution in [-0.2, 0) is 7.05 Å². The first kappa shape index (κ1) is 23.7. The van der Waals surface area contributed by atoms with Gasteiger partial charge in [-0.3, -0.25) is 14.3 Å². The van der Waals surface area contributed by atoms with Crippen molar-refractivity contribution in [2.75, 3.05) is 31.6 Å². The maximum Gasteiger partial charge on any atom is 0.273 e. The lowest BCUT2D eigenvalue weighted by Gasteiger charge is -2.29. The van der Waals surface area contributed by atoms with Gasteiger partial charge in [-0.15, -0.1) is 0 Å². The average molecular weight is 482 g/mol. The normalized spacial score (nSPS) is 14.5. The number of hydrogen-bond acceptors (Lipinski definition) is 6. The molecule has 1 N–H and O–H groups in total. The van der Waals surface area contributed by atoms with E-state index in [0.29, 0.717) is 17.3 Å². The zero-order chi connectivity index (χ0) is 24.1. The van der Waals surface area contributed by atoms with Gasteiger partial charge in [0, 0.05) is 39.9 Å². The molecule has 9 nitrogen and oxygen atoms in total. The van der Waals surface area contributed by atoms with Gasteiger partial charge in [0.1, 0.15) is 11.4 Å². The van der Waals surface area contributed by atoms with Gasteiger partial charge in [-0.2, -0.15) is 5.10 Å². The SMILES string of the molecule is CN(C(=O)c1c(Cl)cnn1C)C(CNC(=O)c1ccnc(N2CCCCC2)n1)c1ccccc1. The van der Waals surface area contributed by atoms with Crippen molar-refractivity contribution in [1.82, 2.24) is 30.0 Å². The van der Waals surface area contributed by atoms with Crippen LogP contribution in [0.2, 0.25) is 5.02 Å². The zero-order valence-electron chi connectivity index (χ0n) is 19.3. The molecule has 1 saturated heterocycles. The van der Waals surface area contributed by atoms with Gasteiger partial charge in [0.25, 0.3) is 11.8 Å². The number of aromatic nitrogens is 4. The molecule has 34 heavy (non-hydrogen) atoms. The van der Waals surface area contributed by atoms with E-state index < -0.39 is 6.04 Å². The number of hydrogen-bond donors (Lipinski definition) is 1. The molecule has 178 valence electrons. The summed E-state index contributed by atoms with van der Waals surface area (Å²) < 4.78 is 1.45. The summed E-state index contributed by atoms with van der Waals surface area (Å²) in [5.41, 5.74) is 1.47. The molecule has 2 aromatic heterocycles. The Bertz CT molecular complexity index is 1130. The minimum absolute atomic E-state index is 0.198. The Morgan fingerprint density at radius 2 is 1.88 bits per heavy atom. The fourth-order valence-electron chi connectivity index (χ4n) is 4.11. The molecule has 1 fully saturated rings. The van der Waals surface area contributed by atoms with Gasteiger partial charge in [0.2, 0.25) is 5.95 Å². The van der Waals surface area contributed by atoms with Crippen molar-refractivity contribution in [3.05, 3.63) is 70.8 Å². The monoisotopic (exact) mass is 481 g/mol. The largest absolute Gasteiger partial charge is 0.348 e. The molecular weight excluding hydrogens is 454 g/mol. The molecule has 2 amide bonds. The van der Waals surface area contributed by atoms with Crippen LogP contribution in [0, 0.1) is 0 Å². The molecule has 1 aliphatic rings. The number of likely N-dealkylation sites (N-methyl/N-ethyl adjacent to an activating group) is 1. The van der Waals surface area contributed by atoms with Crippen molar-refractivity contribution in [3.8, 4) is 0 Å². The summed E-state index contributed by atoms with van der Waals surface area (Å²) in [4.78, 5) is 38.7. The van der Waals surface area contributed by atoms with Gasteiger partial charge in [-0.25, -0.2) is 9.97 Å². The highest BCUT2D eigenvalue weighted by atomic mass is 35.5. The van der Waals surface area contributed by atoms with E-state index in [1.165, 1.54) is 17.3 Å². The number of anilines is 1. The van der Waals surface area contributed by atoms with E-state index in [1.807, 2.05) is 30.3 Å². The molecule has 0 spiro atoms. The van der Waals surface area contributed by atoms with Crippen LogP contribution in [0.5, 0.6) is 0 Å². The second-order valence-electron chi connectivity index (χ2n) is 8.31. The van der Waals surface area contributed by atoms with Crippen molar-refractivity contribution in [1.29, 1.82) is 0 Å². The van der Waals surface area contributed by atoms with Gasteiger partial charge in [0.05, 0.1) is 17.3 Å². The first-order valence-corrected chi connectivity index (χ1v) is 11.7. The van der Waals surface area contributed by atoms with Gasteiger partial charge in [-0.1, -0.05) is 41.9 Å². The first-order chi connectivity index (χ1) is 16.5. The van der Waals surface area contributed by atoms with Crippen molar-refractivity contribution in [2.45, 2.75) is 25.3 Å². The summed E-state index contributed by atoms with van der Waals surface area (Å²) in [6.07, 6.45) is 6.45. The predicted octanol–water partition coefficient (Wildman–Crippen LogP) is 3.10. The topological polar surface area (TPSA) is 96.2 Å². The van der Waals surface area contributed by atoms with Crippen LogP contribution < -0.4 is 10.2 Å². The predicted molar refractivity (Wildman–Crippen MR) is 130 cm³/mol. The molecule has 1 aliphatic heterocycles. The number of halogens is 1. The Hall–Kier alpha value is -3.46. The summed E-state index contributed by atoms with van der Waals surface area (Å²) in [6, 6.07) is 10.7. The summed E-state index contributed by atoms with van der Waals surface area (Å²) >= 11 is 6.20. The van der Waals surface area contributed by atoms with Gasteiger partial charge in [-0.05, 0) is 30.9 Å². The lowest BCUT2D eigenvalue weighted by molar-refractivity contribution is 0.0706. The Morgan fingerprint density at radius 3 is 2.56 bits per heavy atom. The molecule has 3 heterocycles. The first-order valence-electron chi connectivity index (χ1n) is 11.3. The molecule has 0 aliphatic carbocycles. The van der Waals surface area contributed by atoms with Gasteiger partial charge in [0.15, 0.2) is 0 Å². The minimum Gasteiger partial charge on any atom is -0.348 e. The van der Waals surface area contributed by atoms with E-state index in [9.17, 15) is 9.59 Å². The zero-order valence-corrected chi connectivity index (χ0v) is 20.1. The molecule has 0 saturated carbocycles. The molecule has 1 aromatic carbocycles. The number of piperidine rings is 1. The van der Waals surface area contributed by atoms with Crippen LogP contribution in [-0.4, -0.2) is 63.1 Å². The Morgan fingerprint density at radius 1 is 1.15 bits per heavy atom. The smallest absolute Gasteiger partial charge is 0.273 e. The highest BCUT2D eigenvalue weighted by molar-refractivity contribution is 6.33. The summed E-state index contributed by atoms with van der Waals surface area (Å²) in [6.45, 7) is 1.98. The summed E-state index contributed by atoms with van der Waals surface area (Å²) in [5, 5.41) is 7.28. The van der Waals surface area contributed by atoms with Gasteiger partial charge >= 0.3 is 0 Å². The maximum absolute atomic E-state index is 13.2. The van der Waals surface area contributed by atoms with E-state index in [1.54, 1.807) is 31.3 Å². The second-order valence-corrected chi connectivity index (χ2v) is 8.71. The third kappa shape index (κ3) is 5.20. The molecule has 1 unspecified atom stereocenters. The second kappa shape index (κ2) is 10.6. The lowest BCUT2D eigenvalue weighted by atomic mass is 10.0. The van der Waals surface area contributed by atoms with E-state index in [4.69, 9.17) is 11.6 Å². The van der Waals surface area contributed by atoms with Crippen molar-refractivity contribution in [2.24, 2.45) is 7.05 Å². The van der Waals surface area contributed by atoms with Crippen LogP contribution in [0.4, 0.5) is 5.95 Å². The Balaban J connectivity index is 1.51. The third-order valence-corrected chi connectivity index (χ3v) is 6.32. The summed E-state index contributed by atoms with van der Waals surface area (Å²) in [5.74, 6) is -0.0337. The number of benzene rings is 1. The number of amides is 2. The van der Waals surface area contributed by atoms with Crippen LogP contribution in [0.25, 0.3) is 0 Å². The minimum atomic E-state index is -0.424. The quantitative estimate of drug-likeness (QED) is 0.557. The van der Waals surface area contributed by atoms with Gasteiger partial charge < -0.3 is 15.1 Å². The average Bonchev–Trinajstić information content (AvgIpc) is 3.22. The van der Waals surface area contributed by atoms with E-state index in [-0.39, 0.29) is 23.4 Å². The highest BCUT2D eigenvalue weighted by Crippen LogP contribution is 2.24. The fraction of sp³-hybridized carbons (Fsp3) is 0.375. The maximum atomic E-state index is 13.2. The van der Waals surface area contributed by atoms with Crippen LogP contribution in [0.3, 0.4) is 0 Å². The van der Waals surface area contributed by atoms with Crippen LogP contribution in [0.15, 0.2) is 48.8 Å². The lowest BCUT2D eigenvalue weighted by Crippen LogP contribution is -2.40. The summed E-state index contributed by atoms with van der Waals surface area (Å²) in [7, 11) is 3.36. The Labute approximate surface area is 203 Å². The van der Waals surface area contributed by atoms with E-state index in [2.05, 4.69) is 25.3 Å². The molecule has 0 bridgehead atoms. The van der Waals surface area contributed by atoms with Crippen molar-refractivity contribution in [3.63, 3.8) is 0 Å². The number of nitrogens with one attached hydrogen (secondary N) is 1. The number of aryl methyl sites for hydroxylation is 1. The van der Waals surface area contributed by atoms with Crippen LogP contribution in [0.1, 0.15) is 51.8 Å². The molecule has 1 atom stereocenters. The number of carbonyl (C=O) groups excluding carboxylic acids is 2. The number of rotatable bonds is 7. The van der Waals surface area contributed by atoms with E-state index >= 15 is 0 Å². The molecule has 10 heteroatoms. The molecule has 4 rings (SSSR count). The Kier molecular flexibility index (Phi) is 7.42. The fourth-order valence-corrected chi connectivity index (χ4v) is 4.36. The number of carbonyl (C=O) groups is 2. The highest BCUT2D eigenvalue weighted by Gasteiger charge is 2.27. The van der Waals surface area contributed by atoms with Crippen molar-refractivity contribution >= 4 is 29.4 Å². The standard InChI is InChI=1S/C24H28ClN7O2/c1-30(23(34)21-18(25)15-28-31(21)2)20(17-9-5-3-6-10-17)16-27-22(33)19-11-12-26-24(29-19)32-13-7-4-8-14-32/h3,5-6,9-12,15,20H,4,7-8,13-14,16H2,1-2H3,(H,27,33). The molecular formula is C24H28ClN7O2. The van der Waals surface area contributed by atoms with E-state index in [0.717, 1.165) is 31.5 Å². The van der Waals surface area contributed by atoms with Crippen molar-refractivity contribution < 1.29 is 9.59 Å². The van der Waals surface area contributed by atoms with Crippen LogP contribution >= 0.6 is 11.6 Å². The number of nitrogens with zero attached hydrogens (tertiary/aromatic N) is 6. The molecule has 3 aromatic rings.